The van der Waals surface area contributed by atoms with E-state index < -0.39 is 45.8 Å². The van der Waals surface area contributed by atoms with Gasteiger partial charge in [-0.1, -0.05) is 29.8 Å². The van der Waals surface area contributed by atoms with Crippen molar-refractivity contribution in [1.29, 1.82) is 0 Å². The summed E-state index contributed by atoms with van der Waals surface area (Å²) in [5, 5.41) is 2.04. The largest absolute Gasteiger partial charge is 0.491 e. The second kappa shape index (κ2) is 9.03. The van der Waals surface area contributed by atoms with Crippen LogP contribution in [0.2, 0.25) is 5.15 Å². The average Bonchev–Trinajstić information content (AvgIpc) is 2.70. The number of hydrogen-bond acceptors (Lipinski definition) is 3. The number of pyridine rings is 1. The Morgan fingerprint density at radius 2 is 1.68 bits per heavy atom. The highest BCUT2D eigenvalue weighted by Gasteiger charge is 2.44. The molecule has 0 unspecified atom stereocenters. The number of halogens is 6. The van der Waals surface area contributed by atoms with Crippen LogP contribution >= 0.6 is 27.5 Å². The molecule has 0 saturated heterocycles. The molecule has 0 aliphatic carbocycles. The lowest BCUT2D eigenvalue weighted by atomic mass is 10.1. The van der Waals surface area contributed by atoms with Crippen LogP contribution in [0.1, 0.15) is 20.7 Å². The van der Waals surface area contributed by atoms with Crippen molar-refractivity contribution in [2.75, 3.05) is 10.2 Å². The highest BCUT2D eigenvalue weighted by atomic mass is 79.9. The third-order valence-corrected chi connectivity index (χ3v) is 5.00. The first-order valence-electron chi connectivity index (χ1n) is 8.47. The van der Waals surface area contributed by atoms with Gasteiger partial charge in [0.25, 0.3) is 11.8 Å². The molecule has 0 fully saturated rings. The van der Waals surface area contributed by atoms with E-state index >= 15 is 0 Å². The monoisotopic (exact) mass is 515 g/mol. The molecule has 0 atom stereocenters. The summed E-state index contributed by atoms with van der Waals surface area (Å²) in [7, 11) is 0. The van der Waals surface area contributed by atoms with Gasteiger partial charge in [-0.05, 0) is 52.3 Å². The van der Waals surface area contributed by atoms with Gasteiger partial charge in [-0.15, -0.1) is 13.2 Å². The van der Waals surface area contributed by atoms with E-state index in [0.29, 0.717) is 0 Å². The molecule has 1 heterocycles. The maximum atomic E-state index is 15.0. The van der Waals surface area contributed by atoms with Crippen LogP contribution in [-0.2, 0) is 0 Å². The smallest absolute Gasteiger partial charge is 0.319 e. The van der Waals surface area contributed by atoms with E-state index in [4.69, 9.17) is 11.6 Å². The Balaban J connectivity index is 1.99. The summed E-state index contributed by atoms with van der Waals surface area (Å²) in [5.74, 6) is -3.84. The fraction of sp³-hybridized carbons (Fsp3) is 0.0500. The van der Waals surface area contributed by atoms with Gasteiger partial charge in [0.05, 0.1) is 22.5 Å². The summed E-state index contributed by atoms with van der Waals surface area (Å²) in [5.41, 5.74) is -1.98. The number of nitrogens with one attached hydrogen (secondary N) is 1. The topological polar surface area (TPSA) is 62.3 Å². The summed E-state index contributed by atoms with van der Waals surface area (Å²) < 4.78 is 56.1. The molecule has 2 amide bonds. The Morgan fingerprint density at radius 3 is 2.32 bits per heavy atom. The van der Waals surface area contributed by atoms with Crippen molar-refractivity contribution in [1.82, 2.24) is 4.98 Å². The number of anilines is 2. The Morgan fingerprint density at radius 1 is 1.00 bits per heavy atom. The zero-order chi connectivity index (χ0) is 22.8. The number of nitrogens with zero attached hydrogens (tertiary/aromatic N) is 2. The average molecular weight is 517 g/mol. The first kappa shape index (κ1) is 22.7. The summed E-state index contributed by atoms with van der Waals surface area (Å²) in [6.45, 7) is 0. The van der Waals surface area contributed by atoms with E-state index in [-0.39, 0.29) is 15.2 Å². The SMILES string of the molecule is O=C(Nc1cccc(C(=O)N(c2ccccc2Br)C(F)(F)F)c1F)c1cccnc1Cl. The van der Waals surface area contributed by atoms with E-state index in [0.717, 1.165) is 24.3 Å². The van der Waals surface area contributed by atoms with Crippen molar-refractivity contribution in [2.45, 2.75) is 6.30 Å². The lowest BCUT2D eigenvalue weighted by Crippen LogP contribution is -2.43. The van der Waals surface area contributed by atoms with Crippen LogP contribution in [0.4, 0.5) is 28.9 Å². The lowest BCUT2D eigenvalue weighted by molar-refractivity contribution is -0.122. The minimum absolute atomic E-state index is 0.0169. The second-order valence-corrected chi connectivity index (χ2v) is 7.24. The van der Waals surface area contributed by atoms with Crippen molar-refractivity contribution in [3.8, 4) is 0 Å². The third-order valence-electron chi connectivity index (χ3n) is 4.03. The number of hydrogen-bond donors (Lipinski definition) is 1. The Labute approximate surface area is 186 Å². The molecular formula is C20H11BrClF4N3O2. The summed E-state index contributed by atoms with van der Waals surface area (Å²) >= 11 is 8.79. The molecule has 1 N–H and O–H groups in total. The van der Waals surface area contributed by atoms with Crippen LogP contribution < -0.4 is 10.2 Å². The normalized spacial score (nSPS) is 11.2. The van der Waals surface area contributed by atoms with Gasteiger partial charge in [0.15, 0.2) is 5.82 Å². The number of alkyl halides is 3. The molecule has 0 aliphatic heterocycles. The predicted octanol–water partition coefficient (Wildman–Crippen LogP) is 6.06. The lowest BCUT2D eigenvalue weighted by Gasteiger charge is -2.26. The van der Waals surface area contributed by atoms with Crippen molar-refractivity contribution in [3.63, 3.8) is 0 Å². The van der Waals surface area contributed by atoms with E-state index in [2.05, 4.69) is 26.2 Å². The van der Waals surface area contributed by atoms with Gasteiger partial charge < -0.3 is 5.32 Å². The quantitative estimate of drug-likeness (QED) is 0.261. The molecule has 11 heteroatoms. The fourth-order valence-electron chi connectivity index (χ4n) is 2.65. The van der Waals surface area contributed by atoms with Crippen LogP contribution in [0.15, 0.2) is 65.3 Å². The number of benzene rings is 2. The van der Waals surface area contributed by atoms with Gasteiger partial charge in [-0.25, -0.2) is 14.3 Å². The van der Waals surface area contributed by atoms with Crippen LogP contribution in [0.25, 0.3) is 0 Å². The Bertz CT molecular complexity index is 1160. The van der Waals surface area contributed by atoms with Gasteiger partial charge in [-0.2, -0.15) is 0 Å². The van der Waals surface area contributed by atoms with Crippen LogP contribution in [-0.4, -0.2) is 23.1 Å². The van der Waals surface area contributed by atoms with Gasteiger partial charge in [0.1, 0.15) is 5.15 Å². The van der Waals surface area contributed by atoms with Crippen LogP contribution in [0.3, 0.4) is 0 Å². The Hall–Kier alpha value is -2.98. The molecule has 0 spiro atoms. The molecule has 3 rings (SSSR count). The standard InChI is InChI=1S/C20H11BrClF4N3O2/c21-13-7-1-2-9-15(13)29(20(24,25)26)19(31)11-5-3-8-14(16(11)23)28-18(30)12-6-4-10-27-17(12)22/h1-10H,(H,28,30). The predicted molar refractivity (Wildman–Crippen MR) is 111 cm³/mol. The summed E-state index contributed by atoms with van der Waals surface area (Å²) in [6, 6.07) is 11.0. The number of carbonyl (C=O) groups excluding carboxylic acids is 2. The number of aromatic nitrogens is 1. The van der Waals surface area contributed by atoms with Crippen molar-refractivity contribution >= 4 is 50.7 Å². The number of para-hydroxylation sites is 1. The molecule has 0 radical (unpaired) electrons. The van der Waals surface area contributed by atoms with Gasteiger partial charge >= 0.3 is 6.30 Å². The summed E-state index contributed by atoms with van der Waals surface area (Å²) in [6.07, 6.45) is -3.80. The molecule has 160 valence electrons. The number of amides is 2. The van der Waals surface area contributed by atoms with E-state index in [1.54, 1.807) is 0 Å². The van der Waals surface area contributed by atoms with E-state index in [9.17, 15) is 27.2 Å². The summed E-state index contributed by atoms with van der Waals surface area (Å²) in [4.78, 5) is 28.3. The third kappa shape index (κ3) is 4.86. The maximum Gasteiger partial charge on any atom is 0.491 e. The minimum Gasteiger partial charge on any atom is -0.319 e. The highest BCUT2D eigenvalue weighted by molar-refractivity contribution is 9.10. The number of rotatable bonds is 4. The van der Waals surface area contributed by atoms with Crippen LogP contribution in [0.5, 0.6) is 0 Å². The van der Waals surface area contributed by atoms with Gasteiger partial charge in [0.2, 0.25) is 0 Å². The molecular weight excluding hydrogens is 506 g/mol. The molecule has 0 aliphatic rings. The zero-order valence-electron chi connectivity index (χ0n) is 15.3. The molecule has 0 saturated carbocycles. The van der Waals surface area contributed by atoms with Crippen molar-refractivity contribution in [3.05, 3.63) is 87.4 Å². The first-order valence-corrected chi connectivity index (χ1v) is 9.64. The molecule has 3 aromatic rings. The van der Waals surface area contributed by atoms with E-state index in [1.807, 2.05) is 0 Å². The van der Waals surface area contributed by atoms with Gasteiger partial charge in [0, 0.05) is 10.7 Å². The Kier molecular flexibility index (Phi) is 6.61. The molecule has 2 aromatic carbocycles. The molecule has 1 aromatic heterocycles. The zero-order valence-corrected chi connectivity index (χ0v) is 17.6. The fourth-order valence-corrected chi connectivity index (χ4v) is 3.32. The minimum atomic E-state index is -5.14. The molecule has 5 nitrogen and oxygen atoms in total. The molecule has 0 bridgehead atoms. The second-order valence-electron chi connectivity index (χ2n) is 6.02. The van der Waals surface area contributed by atoms with Crippen LogP contribution in [0, 0.1) is 5.82 Å². The first-order chi connectivity index (χ1) is 14.6. The highest BCUT2D eigenvalue weighted by Crippen LogP contribution is 2.36. The van der Waals surface area contributed by atoms with Crippen molar-refractivity contribution < 1.29 is 27.2 Å². The molecule has 31 heavy (non-hydrogen) atoms. The van der Waals surface area contributed by atoms with E-state index in [1.165, 1.54) is 36.5 Å². The van der Waals surface area contributed by atoms with Crippen molar-refractivity contribution in [2.24, 2.45) is 0 Å². The number of carbonyl (C=O) groups is 2. The maximum absolute atomic E-state index is 15.0. The van der Waals surface area contributed by atoms with Gasteiger partial charge in [-0.3, -0.25) is 9.59 Å².